The van der Waals surface area contributed by atoms with Gasteiger partial charge >= 0.3 is 0 Å². The van der Waals surface area contributed by atoms with Crippen molar-refractivity contribution in [2.24, 2.45) is 0 Å². The number of likely N-dealkylation sites (tertiary alicyclic amines) is 1. The largest absolute Gasteiger partial charge is 0.497 e. The van der Waals surface area contributed by atoms with Crippen LogP contribution in [0.5, 0.6) is 17.2 Å². The lowest BCUT2D eigenvalue weighted by Gasteiger charge is -2.41. The van der Waals surface area contributed by atoms with Crippen LogP contribution >= 0.6 is 0 Å². The van der Waals surface area contributed by atoms with Crippen LogP contribution in [0.3, 0.4) is 0 Å². The highest BCUT2D eigenvalue weighted by Crippen LogP contribution is 2.49. The second-order valence-corrected chi connectivity index (χ2v) is 13.3. The van der Waals surface area contributed by atoms with Crippen LogP contribution in [0, 0.1) is 0 Å². The van der Waals surface area contributed by atoms with Gasteiger partial charge in [0.05, 0.1) is 21.3 Å². The second kappa shape index (κ2) is 14.5. The van der Waals surface area contributed by atoms with Crippen LogP contribution in [-0.4, -0.2) is 56.9 Å². The van der Waals surface area contributed by atoms with Gasteiger partial charge in [-0.1, -0.05) is 25.5 Å². The van der Waals surface area contributed by atoms with E-state index in [0.29, 0.717) is 17.2 Å². The van der Waals surface area contributed by atoms with E-state index in [1.165, 1.54) is 5.56 Å². The summed E-state index contributed by atoms with van der Waals surface area (Å²) in [6, 6.07) is 20.0. The highest BCUT2D eigenvalue weighted by atomic mass is 16.5. The van der Waals surface area contributed by atoms with E-state index in [9.17, 15) is 4.79 Å². The summed E-state index contributed by atoms with van der Waals surface area (Å²) < 4.78 is 23.3. The lowest BCUT2D eigenvalue weighted by Crippen LogP contribution is -2.48. The van der Waals surface area contributed by atoms with Gasteiger partial charge in [0.15, 0.2) is 17.4 Å². The van der Waals surface area contributed by atoms with E-state index >= 15 is 0 Å². The van der Waals surface area contributed by atoms with Crippen molar-refractivity contribution in [1.82, 2.24) is 4.90 Å². The summed E-state index contributed by atoms with van der Waals surface area (Å²) in [5.41, 5.74) is 4.40. The maximum absolute atomic E-state index is 14.5. The number of ether oxygens (including phenoxy) is 4. The van der Waals surface area contributed by atoms with Crippen molar-refractivity contribution in [1.29, 1.82) is 0 Å². The number of unbranched alkanes of at least 4 members (excludes halogenated alkanes) is 1. The fourth-order valence-corrected chi connectivity index (χ4v) is 6.23. The normalized spacial score (nSPS) is 15.8. The SMILES string of the molecule is CCCC=C(OC(C)(C)C)N1CCC(N(C(=O)c2cccc(-c3cc(OC)c(OC)c(C4CC4)c3)c2)c2ccc(OC)cc2)CC1. The van der Waals surface area contributed by atoms with Crippen LogP contribution in [0.1, 0.15) is 88.1 Å². The first-order valence-corrected chi connectivity index (χ1v) is 16.6. The van der Waals surface area contributed by atoms with E-state index in [2.05, 4.69) is 50.8 Å². The van der Waals surface area contributed by atoms with E-state index in [0.717, 1.165) is 85.8 Å². The fourth-order valence-electron chi connectivity index (χ4n) is 6.23. The van der Waals surface area contributed by atoms with Crippen LogP contribution in [-0.2, 0) is 4.74 Å². The molecule has 0 radical (unpaired) electrons. The Balaban J connectivity index is 1.44. The van der Waals surface area contributed by atoms with Gasteiger partial charge in [0.25, 0.3) is 5.91 Å². The molecule has 1 aliphatic carbocycles. The number of hydrogen-bond donors (Lipinski definition) is 0. The molecule has 7 heteroatoms. The number of allylic oxidation sites excluding steroid dienone is 1. The number of piperidine rings is 1. The molecular weight excluding hydrogens is 576 g/mol. The van der Waals surface area contributed by atoms with E-state index in [1.54, 1.807) is 21.3 Å². The minimum atomic E-state index is -0.278. The van der Waals surface area contributed by atoms with Gasteiger partial charge in [-0.15, -0.1) is 0 Å². The van der Waals surface area contributed by atoms with Crippen LogP contribution in [0.15, 0.2) is 72.6 Å². The molecule has 2 fully saturated rings. The van der Waals surface area contributed by atoms with Gasteiger partial charge in [0, 0.05) is 35.9 Å². The predicted molar refractivity (Wildman–Crippen MR) is 185 cm³/mol. The summed E-state index contributed by atoms with van der Waals surface area (Å²) in [5, 5.41) is 0. The molecule has 0 bridgehead atoms. The Morgan fingerprint density at radius 2 is 1.61 bits per heavy atom. The lowest BCUT2D eigenvalue weighted by atomic mass is 9.96. The lowest BCUT2D eigenvalue weighted by molar-refractivity contribution is -0.00486. The van der Waals surface area contributed by atoms with Gasteiger partial charge in [-0.2, -0.15) is 0 Å². The number of benzene rings is 3. The first kappa shape index (κ1) is 33.2. The molecule has 1 heterocycles. The zero-order valence-electron chi connectivity index (χ0n) is 28.6. The maximum atomic E-state index is 14.5. The molecule has 0 aromatic heterocycles. The summed E-state index contributed by atoms with van der Waals surface area (Å²) in [5.74, 6) is 3.70. The molecule has 1 saturated carbocycles. The Kier molecular flexibility index (Phi) is 10.5. The zero-order valence-corrected chi connectivity index (χ0v) is 28.6. The van der Waals surface area contributed by atoms with Gasteiger partial charge in [-0.25, -0.2) is 0 Å². The van der Waals surface area contributed by atoms with Crippen molar-refractivity contribution in [3.05, 3.63) is 83.7 Å². The first-order chi connectivity index (χ1) is 22.1. The molecule has 0 unspecified atom stereocenters. The van der Waals surface area contributed by atoms with Crippen molar-refractivity contribution in [3.8, 4) is 28.4 Å². The van der Waals surface area contributed by atoms with Gasteiger partial charge in [-0.3, -0.25) is 4.79 Å². The first-order valence-electron chi connectivity index (χ1n) is 16.6. The average Bonchev–Trinajstić information content (AvgIpc) is 3.92. The van der Waals surface area contributed by atoms with Gasteiger partial charge in [0.2, 0.25) is 0 Å². The Hall–Kier alpha value is -4.13. The Morgan fingerprint density at radius 3 is 2.20 bits per heavy atom. The predicted octanol–water partition coefficient (Wildman–Crippen LogP) is 8.82. The second-order valence-electron chi connectivity index (χ2n) is 13.3. The van der Waals surface area contributed by atoms with E-state index < -0.39 is 0 Å². The number of amides is 1. The van der Waals surface area contributed by atoms with Crippen molar-refractivity contribution in [2.45, 2.75) is 83.8 Å². The van der Waals surface area contributed by atoms with E-state index in [4.69, 9.17) is 18.9 Å². The summed E-state index contributed by atoms with van der Waals surface area (Å²) in [6.07, 6.45) is 8.21. The third-order valence-electron chi connectivity index (χ3n) is 8.70. The molecule has 0 atom stereocenters. The molecule has 1 saturated heterocycles. The molecule has 3 aromatic rings. The molecule has 246 valence electrons. The molecule has 3 aromatic carbocycles. The highest BCUT2D eigenvalue weighted by molar-refractivity contribution is 6.07. The monoisotopic (exact) mass is 626 g/mol. The van der Waals surface area contributed by atoms with Gasteiger partial charge in [-0.05, 0) is 125 Å². The summed E-state index contributed by atoms with van der Waals surface area (Å²) in [6.45, 7) is 10.1. The molecule has 46 heavy (non-hydrogen) atoms. The molecule has 1 aliphatic heterocycles. The highest BCUT2D eigenvalue weighted by Gasteiger charge is 2.33. The minimum absolute atomic E-state index is 0.0129. The molecule has 0 spiro atoms. The zero-order chi connectivity index (χ0) is 32.8. The summed E-state index contributed by atoms with van der Waals surface area (Å²) in [7, 11) is 5.03. The molecular formula is C39H50N2O5. The van der Waals surface area contributed by atoms with Crippen LogP contribution in [0.4, 0.5) is 5.69 Å². The van der Waals surface area contributed by atoms with Crippen molar-refractivity contribution < 1.29 is 23.7 Å². The van der Waals surface area contributed by atoms with E-state index in [1.807, 2.05) is 53.4 Å². The van der Waals surface area contributed by atoms with Gasteiger partial charge in [0.1, 0.15) is 11.4 Å². The third-order valence-corrected chi connectivity index (χ3v) is 8.70. The van der Waals surface area contributed by atoms with Gasteiger partial charge < -0.3 is 28.7 Å². The topological polar surface area (TPSA) is 60.5 Å². The smallest absolute Gasteiger partial charge is 0.258 e. The number of rotatable bonds is 12. The van der Waals surface area contributed by atoms with Crippen LogP contribution in [0.25, 0.3) is 11.1 Å². The third kappa shape index (κ3) is 7.80. The van der Waals surface area contributed by atoms with Crippen LogP contribution < -0.4 is 19.1 Å². The number of methoxy groups -OCH3 is 3. The van der Waals surface area contributed by atoms with Crippen molar-refractivity contribution >= 4 is 11.6 Å². The molecule has 5 rings (SSSR count). The Bertz CT molecular complexity index is 1510. The number of carbonyl (C=O) groups excluding carboxylic acids is 1. The van der Waals surface area contributed by atoms with Crippen molar-refractivity contribution in [2.75, 3.05) is 39.3 Å². The number of anilines is 1. The Morgan fingerprint density at radius 1 is 0.891 bits per heavy atom. The average molecular weight is 627 g/mol. The van der Waals surface area contributed by atoms with Crippen molar-refractivity contribution in [3.63, 3.8) is 0 Å². The molecule has 1 amide bonds. The summed E-state index contributed by atoms with van der Waals surface area (Å²) >= 11 is 0. The quantitative estimate of drug-likeness (QED) is 0.187. The van der Waals surface area contributed by atoms with Crippen LogP contribution in [0.2, 0.25) is 0 Å². The number of hydrogen-bond acceptors (Lipinski definition) is 6. The standard InChI is InChI=1S/C39H50N2O5/c1-8-9-13-36(46-39(2,3)4)40-22-20-32(21-23-40)41(31-16-18-33(43-5)19-17-31)38(42)29-12-10-11-28(24-29)30-25-34(27-14-15-27)37(45-7)35(26-30)44-6/h10-13,16-19,24-27,32H,8-9,14-15,20-23H2,1-7H3. The minimum Gasteiger partial charge on any atom is -0.497 e. The maximum Gasteiger partial charge on any atom is 0.258 e. The summed E-state index contributed by atoms with van der Waals surface area (Å²) in [4.78, 5) is 18.9. The molecule has 2 aliphatic rings. The van der Waals surface area contributed by atoms with E-state index in [-0.39, 0.29) is 17.6 Å². The number of nitrogens with zero attached hydrogens (tertiary/aromatic N) is 2. The molecule has 0 N–H and O–H groups in total. The number of carbonyl (C=O) groups is 1. The fraction of sp³-hybridized carbons (Fsp3) is 0.462. The molecule has 7 nitrogen and oxygen atoms in total. The Labute approximate surface area is 275 Å².